The fourth-order valence-electron chi connectivity index (χ4n) is 1.20. The van der Waals surface area contributed by atoms with Gasteiger partial charge in [-0.1, -0.05) is 0 Å². The first-order chi connectivity index (χ1) is 8.08. The summed E-state index contributed by atoms with van der Waals surface area (Å²) in [7, 11) is 1.42. The summed E-state index contributed by atoms with van der Waals surface area (Å²) in [4.78, 5) is 11.5. The number of benzene rings is 1. The summed E-state index contributed by atoms with van der Waals surface area (Å²) in [6, 6.07) is 4.45. The first kappa shape index (κ1) is 13.1. The summed E-state index contributed by atoms with van der Waals surface area (Å²) in [5, 5.41) is 11.2. The van der Waals surface area contributed by atoms with Crippen molar-refractivity contribution >= 4 is 11.6 Å². The van der Waals surface area contributed by atoms with Crippen LogP contribution in [0.2, 0.25) is 0 Å². The number of carbonyl (C=O) groups is 1. The van der Waals surface area contributed by atoms with Crippen molar-refractivity contribution in [2.24, 2.45) is 5.73 Å². The number of methoxy groups -OCH3 is 1. The number of rotatable bonds is 4. The molecule has 0 aliphatic rings. The molecule has 6 heteroatoms. The highest BCUT2D eigenvalue weighted by Crippen LogP contribution is 2.15. The highest BCUT2D eigenvalue weighted by atomic mass is 19.1. The summed E-state index contributed by atoms with van der Waals surface area (Å²) >= 11 is 0. The Morgan fingerprint density at radius 2 is 2.41 bits per heavy atom. The standard InChI is InChI=1S/C11H12FN3O2/c1-17-6-9(14)11(16)15-10-3-2-8(12)4-7(10)5-13/h2-4,9H,6,14H2,1H3,(H,15,16). The van der Waals surface area contributed by atoms with Crippen molar-refractivity contribution in [3.8, 4) is 6.07 Å². The molecule has 0 spiro atoms. The maximum Gasteiger partial charge on any atom is 0.243 e. The predicted molar refractivity (Wildman–Crippen MR) is 59.6 cm³/mol. The molecule has 1 amide bonds. The molecule has 90 valence electrons. The second-order valence-corrected chi connectivity index (χ2v) is 3.35. The molecule has 3 N–H and O–H groups in total. The Kier molecular flexibility index (Phi) is 4.57. The van der Waals surface area contributed by atoms with Crippen LogP contribution >= 0.6 is 0 Å². The molecular formula is C11H12FN3O2. The van der Waals surface area contributed by atoms with E-state index in [-0.39, 0.29) is 17.9 Å². The van der Waals surface area contributed by atoms with Gasteiger partial charge in [0.25, 0.3) is 0 Å². The van der Waals surface area contributed by atoms with Crippen LogP contribution in [-0.4, -0.2) is 25.7 Å². The van der Waals surface area contributed by atoms with Crippen LogP contribution < -0.4 is 11.1 Å². The van der Waals surface area contributed by atoms with Crippen LogP contribution in [0, 0.1) is 17.1 Å². The number of hydrogen-bond donors (Lipinski definition) is 2. The Morgan fingerprint density at radius 3 is 3.00 bits per heavy atom. The van der Waals surface area contributed by atoms with Crippen molar-refractivity contribution in [1.29, 1.82) is 5.26 Å². The molecular weight excluding hydrogens is 225 g/mol. The molecule has 0 heterocycles. The average molecular weight is 237 g/mol. The minimum absolute atomic E-state index is 0.0444. The van der Waals surface area contributed by atoms with Crippen LogP contribution in [0.25, 0.3) is 0 Å². The van der Waals surface area contributed by atoms with Crippen LogP contribution in [0.4, 0.5) is 10.1 Å². The van der Waals surface area contributed by atoms with E-state index in [0.29, 0.717) is 0 Å². The van der Waals surface area contributed by atoms with Crippen molar-refractivity contribution in [3.63, 3.8) is 0 Å². The third-order valence-corrected chi connectivity index (χ3v) is 2.04. The van der Waals surface area contributed by atoms with Crippen molar-refractivity contribution in [1.82, 2.24) is 0 Å². The molecule has 17 heavy (non-hydrogen) atoms. The molecule has 0 fully saturated rings. The monoisotopic (exact) mass is 237 g/mol. The van der Waals surface area contributed by atoms with Crippen LogP contribution in [0.1, 0.15) is 5.56 Å². The van der Waals surface area contributed by atoms with Crippen molar-refractivity contribution in [3.05, 3.63) is 29.6 Å². The van der Waals surface area contributed by atoms with Gasteiger partial charge in [-0.3, -0.25) is 4.79 Å². The second-order valence-electron chi connectivity index (χ2n) is 3.35. The number of halogens is 1. The van der Waals surface area contributed by atoms with Crippen LogP contribution in [0.15, 0.2) is 18.2 Å². The average Bonchev–Trinajstić information content (AvgIpc) is 2.31. The number of nitrogens with two attached hydrogens (primary N) is 1. The summed E-state index contributed by atoms with van der Waals surface area (Å²) in [6.07, 6.45) is 0. The van der Waals surface area contributed by atoms with Crippen LogP contribution in [-0.2, 0) is 9.53 Å². The Bertz CT molecular complexity index is 457. The van der Waals surface area contributed by atoms with Gasteiger partial charge in [-0.25, -0.2) is 4.39 Å². The molecule has 5 nitrogen and oxygen atoms in total. The summed E-state index contributed by atoms with van der Waals surface area (Å²) in [5.41, 5.74) is 5.77. The van der Waals surface area contributed by atoms with Gasteiger partial charge in [-0.15, -0.1) is 0 Å². The van der Waals surface area contributed by atoms with Gasteiger partial charge in [0, 0.05) is 7.11 Å². The first-order valence-corrected chi connectivity index (χ1v) is 4.83. The molecule has 0 aliphatic carbocycles. The van der Waals surface area contributed by atoms with Gasteiger partial charge in [-0.2, -0.15) is 5.26 Å². The van der Waals surface area contributed by atoms with E-state index in [0.717, 1.165) is 12.1 Å². The number of ether oxygens (including phenoxy) is 1. The lowest BCUT2D eigenvalue weighted by Crippen LogP contribution is -2.39. The number of amides is 1. The Labute approximate surface area is 98.0 Å². The minimum Gasteiger partial charge on any atom is -0.383 e. The normalized spacial score (nSPS) is 11.6. The molecule has 1 rings (SSSR count). The molecule has 0 aliphatic heterocycles. The number of nitrogens with zero attached hydrogens (tertiary/aromatic N) is 1. The van der Waals surface area contributed by atoms with Gasteiger partial charge in [0.1, 0.15) is 17.9 Å². The number of anilines is 1. The summed E-state index contributed by atoms with van der Waals surface area (Å²) < 4.78 is 17.6. The third kappa shape index (κ3) is 3.52. The Morgan fingerprint density at radius 1 is 1.71 bits per heavy atom. The van der Waals surface area contributed by atoms with Gasteiger partial charge in [0.15, 0.2) is 0 Å². The van der Waals surface area contributed by atoms with Gasteiger partial charge in [-0.05, 0) is 18.2 Å². The van der Waals surface area contributed by atoms with E-state index in [1.165, 1.54) is 13.2 Å². The van der Waals surface area contributed by atoms with Crippen LogP contribution in [0.3, 0.4) is 0 Å². The maximum absolute atomic E-state index is 12.8. The third-order valence-electron chi connectivity index (χ3n) is 2.04. The molecule has 0 aromatic heterocycles. The highest BCUT2D eigenvalue weighted by Gasteiger charge is 2.15. The molecule has 0 radical (unpaired) electrons. The highest BCUT2D eigenvalue weighted by molar-refractivity contribution is 5.95. The maximum atomic E-state index is 12.8. The van der Waals surface area contributed by atoms with Crippen LogP contribution in [0.5, 0.6) is 0 Å². The van der Waals surface area contributed by atoms with E-state index < -0.39 is 17.8 Å². The summed E-state index contributed by atoms with van der Waals surface area (Å²) in [5.74, 6) is -1.03. The Hall–Kier alpha value is -1.97. The topological polar surface area (TPSA) is 88.1 Å². The van der Waals surface area contributed by atoms with Crippen molar-refractivity contribution < 1.29 is 13.9 Å². The lowest BCUT2D eigenvalue weighted by atomic mass is 10.2. The lowest BCUT2D eigenvalue weighted by Gasteiger charge is -2.12. The lowest BCUT2D eigenvalue weighted by molar-refractivity contribution is -0.118. The smallest absolute Gasteiger partial charge is 0.243 e. The minimum atomic E-state index is -0.836. The molecule has 1 aromatic rings. The zero-order valence-corrected chi connectivity index (χ0v) is 9.24. The van der Waals surface area contributed by atoms with Crippen molar-refractivity contribution in [2.75, 3.05) is 19.0 Å². The van der Waals surface area contributed by atoms with E-state index in [1.807, 2.05) is 0 Å². The molecule has 0 saturated carbocycles. The second kappa shape index (κ2) is 5.94. The van der Waals surface area contributed by atoms with E-state index in [9.17, 15) is 9.18 Å². The van der Waals surface area contributed by atoms with E-state index in [4.69, 9.17) is 15.7 Å². The fourth-order valence-corrected chi connectivity index (χ4v) is 1.20. The van der Waals surface area contributed by atoms with E-state index in [1.54, 1.807) is 6.07 Å². The Balaban J connectivity index is 2.82. The quantitative estimate of drug-likeness (QED) is 0.803. The van der Waals surface area contributed by atoms with Crippen molar-refractivity contribution in [2.45, 2.75) is 6.04 Å². The number of nitrogens with one attached hydrogen (secondary N) is 1. The molecule has 1 aromatic carbocycles. The number of carbonyl (C=O) groups excluding carboxylic acids is 1. The largest absolute Gasteiger partial charge is 0.383 e. The van der Waals surface area contributed by atoms with Gasteiger partial charge in [0.05, 0.1) is 17.9 Å². The molecule has 1 atom stereocenters. The predicted octanol–water partition coefficient (Wildman–Crippen LogP) is 0.610. The van der Waals surface area contributed by atoms with Gasteiger partial charge < -0.3 is 15.8 Å². The zero-order chi connectivity index (χ0) is 12.8. The number of nitriles is 1. The zero-order valence-electron chi connectivity index (χ0n) is 9.24. The SMILES string of the molecule is COCC(N)C(=O)Nc1ccc(F)cc1C#N. The number of hydrogen-bond acceptors (Lipinski definition) is 4. The summed E-state index contributed by atoms with van der Waals surface area (Å²) in [6.45, 7) is 0.0644. The fraction of sp³-hybridized carbons (Fsp3) is 0.273. The van der Waals surface area contributed by atoms with E-state index >= 15 is 0 Å². The van der Waals surface area contributed by atoms with Gasteiger partial charge in [0.2, 0.25) is 5.91 Å². The first-order valence-electron chi connectivity index (χ1n) is 4.83. The molecule has 1 unspecified atom stereocenters. The molecule has 0 bridgehead atoms. The van der Waals surface area contributed by atoms with Gasteiger partial charge >= 0.3 is 0 Å². The van der Waals surface area contributed by atoms with E-state index in [2.05, 4.69) is 5.32 Å². The molecule has 0 saturated heterocycles.